The number of nitrogens with one attached hydrogen (secondary N) is 1. The first-order chi connectivity index (χ1) is 10.2. The Balaban J connectivity index is 1.81. The van der Waals surface area contributed by atoms with Gasteiger partial charge >= 0.3 is 0 Å². The van der Waals surface area contributed by atoms with Crippen molar-refractivity contribution in [1.29, 1.82) is 0 Å². The molecule has 0 saturated carbocycles. The number of likely N-dealkylation sites (tertiary alicyclic amines) is 1. The molecule has 112 valence electrons. The lowest BCUT2D eigenvalue weighted by molar-refractivity contribution is 0.134. The Hall–Kier alpha value is -1.95. The number of piperidine rings is 1. The summed E-state index contributed by atoms with van der Waals surface area (Å²) in [5.74, 6) is 1.79. The van der Waals surface area contributed by atoms with Gasteiger partial charge in [-0.2, -0.15) is 0 Å². The van der Waals surface area contributed by atoms with Crippen molar-refractivity contribution in [2.24, 2.45) is 0 Å². The van der Waals surface area contributed by atoms with Gasteiger partial charge in [0.1, 0.15) is 5.82 Å². The molecule has 2 aromatic rings. The fraction of sp³-hybridized carbons (Fsp3) is 0.533. The minimum atomic E-state index is 0.352. The van der Waals surface area contributed by atoms with Crippen LogP contribution in [0.25, 0.3) is 0 Å². The van der Waals surface area contributed by atoms with Crippen molar-refractivity contribution in [3.05, 3.63) is 36.2 Å². The maximum Gasteiger partial charge on any atom is 0.225 e. The number of aromatic amines is 1. The summed E-state index contributed by atoms with van der Waals surface area (Å²) in [5, 5.41) is 0. The van der Waals surface area contributed by atoms with Gasteiger partial charge in [-0.05, 0) is 25.5 Å². The van der Waals surface area contributed by atoms with Crippen molar-refractivity contribution in [1.82, 2.24) is 24.8 Å². The van der Waals surface area contributed by atoms with E-state index in [1.807, 2.05) is 43.7 Å². The van der Waals surface area contributed by atoms with E-state index in [0.29, 0.717) is 6.04 Å². The quantitative estimate of drug-likeness (QED) is 0.931. The van der Waals surface area contributed by atoms with Gasteiger partial charge in [-0.1, -0.05) is 6.42 Å². The molecule has 6 heteroatoms. The van der Waals surface area contributed by atoms with E-state index in [0.717, 1.165) is 37.0 Å². The van der Waals surface area contributed by atoms with Crippen molar-refractivity contribution >= 4 is 5.95 Å². The van der Waals surface area contributed by atoms with Gasteiger partial charge in [0.15, 0.2) is 0 Å². The first-order valence-electron chi connectivity index (χ1n) is 7.46. The molecular formula is C15H22N6. The molecule has 3 heterocycles. The fourth-order valence-electron chi connectivity index (χ4n) is 2.85. The second-order valence-corrected chi connectivity index (χ2v) is 5.69. The van der Waals surface area contributed by atoms with Crippen LogP contribution in [-0.2, 0) is 6.54 Å². The molecule has 0 spiro atoms. The van der Waals surface area contributed by atoms with Crippen molar-refractivity contribution in [3.63, 3.8) is 0 Å². The predicted molar refractivity (Wildman–Crippen MR) is 81.9 cm³/mol. The van der Waals surface area contributed by atoms with Crippen LogP contribution in [0.2, 0.25) is 0 Å². The number of nitrogens with zero attached hydrogens (tertiary/aromatic N) is 5. The second-order valence-electron chi connectivity index (χ2n) is 5.69. The summed E-state index contributed by atoms with van der Waals surface area (Å²) in [5.41, 5.74) is 1.11. The van der Waals surface area contributed by atoms with Gasteiger partial charge in [0.05, 0.1) is 18.3 Å². The zero-order valence-electron chi connectivity index (χ0n) is 12.7. The minimum absolute atomic E-state index is 0.352. The van der Waals surface area contributed by atoms with Crippen LogP contribution in [0.3, 0.4) is 0 Å². The molecule has 1 aliphatic heterocycles. The molecule has 1 atom stereocenters. The van der Waals surface area contributed by atoms with E-state index in [1.54, 1.807) is 0 Å². The fourth-order valence-corrected chi connectivity index (χ4v) is 2.85. The van der Waals surface area contributed by atoms with Crippen molar-refractivity contribution in [2.75, 3.05) is 25.5 Å². The Morgan fingerprint density at radius 2 is 2.19 bits per heavy atom. The minimum Gasteiger partial charge on any atom is -0.348 e. The van der Waals surface area contributed by atoms with Crippen LogP contribution in [0.5, 0.6) is 0 Å². The average Bonchev–Trinajstić information content (AvgIpc) is 3.01. The standard InChI is InChI=1S/C15H22N6/c1-20(2)15-18-7-6-12(19-15)13-5-3-4-10-21(13)11-14-16-8-9-17-14/h6-9,13H,3-5,10-11H2,1-2H3,(H,16,17)/t13-/m0/s1. The monoisotopic (exact) mass is 286 g/mol. The Labute approximate surface area is 125 Å². The van der Waals surface area contributed by atoms with Gasteiger partial charge in [0, 0.05) is 32.7 Å². The highest BCUT2D eigenvalue weighted by atomic mass is 15.2. The van der Waals surface area contributed by atoms with Crippen LogP contribution in [0.1, 0.15) is 36.8 Å². The lowest BCUT2D eigenvalue weighted by atomic mass is 9.99. The highest BCUT2D eigenvalue weighted by Crippen LogP contribution is 2.31. The SMILES string of the molecule is CN(C)c1nccc([C@@H]2CCCCN2Cc2ncc[nH]2)n1. The molecule has 3 rings (SSSR count). The van der Waals surface area contributed by atoms with Gasteiger partial charge in [-0.15, -0.1) is 0 Å². The van der Waals surface area contributed by atoms with Crippen LogP contribution in [-0.4, -0.2) is 45.5 Å². The summed E-state index contributed by atoms with van der Waals surface area (Å²) in [4.78, 5) is 21.0. The first-order valence-corrected chi connectivity index (χ1v) is 7.46. The van der Waals surface area contributed by atoms with E-state index < -0.39 is 0 Å². The van der Waals surface area contributed by atoms with Gasteiger partial charge in [0.25, 0.3) is 0 Å². The summed E-state index contributed by atoms with van der Waals surface area (Å²) in [6.07, 6.45) is 9.18. The van der Waals surface area contributed by atoms with Gasteiger partial charge in [-0.25, -0.2) is 15.0 Å². The molecular weight excluding hydrogens is 264 g/mol. The van der Waals surface area contributed by atoms with Crippen molar-refractivity contribution in [3.8, 4) is 0 Å². The molecule has 0 aliphatic carbocycles. The van der Waals surface area contributed by atoms with Crippen LogP contribution in [0, 0.1) is 0 Å². The van der Waals surface area contributed by atoms with Crippen molar-refractivity contribution < 1.29 is 0 Å². The lowest BCUT2D eigenvalue weighted by Crippen LogP contribution is -2.34. The largest absolute Gasteiger partial charge is 0.348 e. The Kier molecular flexibility index (Phi) is 4.15. The van der Waals surface area contributed by atoms with Gasteiger partial charge in [0.2, 0.25) is 5.95 Å². The van der Waals surface area contributed by atoms with Crippen LogP contribution < -0.4 is 4.90 Å². The third kappa shape index (κ3) is 3.21. The summed E-state index contributed by atoms with van der Waals surface area (Å²) >= 11 is 0. The van der Waals surface area contributed by atoms with E-state index in [9.17, 15) is 0 Å². The number of imidazole rings is 1. The Bertz CT molecular complexity index is 565. The van der Waals surface area contributed by atoms with Crippen LogP contribution in [0.4, 0.5) is 5.95 Å². The summed E-state index contributed by atoms with van der Waals surface area (Å²) in [6.45, 7) is 1.94. The summed E-state index contributed by atoms with van der Waals surface area (Å²) < 4.78 is 0. The van der Waals surface area contributed by atoms with E-state index in [2.05, 4.69) is 19.9 Å². The van der Waals surface area contributed by atoms with Gasteiger partial charge < -0.3 is 9.88 Å². The van der Waals surface area contributed by atoms with Crippen molar-refractivity contribution in [2.45, 2.75) is 31.8 Å². The number of rotatable bonds is 4. The number of hydrogen-bond acceptors (Lipinski definition) is 5. The van der Waals surface area contributed by atoms with Crippen LogP contribution >= 0.6 is 0 Å². The molecule has 0 amide bonds. The van der Waals surface area contributed by atoms with E-state index in [1.165, 1.54) is 12.8 Å². The topological polar surface area (TPSA) is 60.9 Å². The predicted octanol–water partition coefficient (Wildman–Crippen LogP) is 1.99. The number of anilines is 1. The Morgan fingerprint density at radius 1 is 1.29 bits per heavy atom. The molecule has 2 aromatic heterocycles. The maximum atomic E-state index is 4.72. The highest BCUT2D eigenvalue weighted by molar-refractivity contribution is 5.28. The van der Waals surface area contributed by atoms with E-state index >= 15 is 0 Å². The molecule has 1 fully saturated rings. The van der Waals surface area contributed by atoms with E-state index in [4.69, 9.17) is 4.98 Å². The molecule has 0 aromatic carbocycles. The smallest absolute Gasteiger partial charge is 0.225 e. The molecule has 6 nitrogen and oxygen atoms in total. The number of aromatic nitrogens is 4. The molecule has 1 N–H and O–H groups in total. The highest BCUT2D eigenvalue weighted by Gasteiger charge is 2.26. The number of H-pyrrole nitrogens is 1. The molecule has 0 bridgehead atoms. The normalized spacial score (nSPS) is 19.6. The van der Waals surface area contributed by atoms with Crippen LogP contribution in [0.15, 0.2) is 24.7 Å². The second kappa shape index (κ2) is 6.22. The van der Waals surface area contributed by atoms with Gasteiger partial charge in [-0.3, -0.25) is 4.90 Å². The Morgan fingerprint density at radius 3 is 2.95 bits per heavy atom. The molecule has 0 radical (unpaired) electrons. The zero-order chi connectivity index (χ0) is 14.7. The molecule has 0 unspecified atom stereocenters. The van der Waals surface area contributed by atoms with E-state index in [-0.39, 0.29) is 0 Å². The summed E-state index contributed by atoms with van der Waals surface area (Å²) in [7, 11) is 3.95. The molecule has 1 aliphatic rings. The zero-order valence-corrected chi connectivity index (χ0v) is 12.7. The summed E-state index contributed by atoms with van der Waals surface area (Å²) in [6, 6.07) is 2.39. The third-order valence-electron chi connectivity index (χ3n) is 3.93. The third-order valence-corrected chi connectivity index (χ3v) is 3.93. The number of hydrogen-bond donors (Lipinski definition) is 1. The molecule has 21 heavy (non-hydrogen) atoms. The lowest BCUT2D eigenvalue weighted by Gasteiger charge is -2.34. The molecule has 1 saturated heterocycles. The first kappa shape index (κ1) is 14.0. The average molecular weight is 286 g/mol. The maximum absolute atomic E-state index is 4.72.